The molecule has 15 heavy (non-hydrogen) atoms. The van der Waals surface area contributed by atoms with Crippen LogP contribution in [0.1, 0.15) is 44.9 Å². The summed E-state index contributed by atoms with van der Waals surface area (Å²) in [6, 6.07) is 0. The van der Waals surface area contributed by atoms with Crippen LogP contribution in [-0.2, 0) is 9.53 Å². The Morgan fingerprint density at radius 3 is 2.53 bits per heavy atom. The Morgan fingerprint density at radius 1 is 1.33 bits per heavy atom. The van der Waals surface area contributed by atoms with Gasteiger partial charge in [0.05, 0.1) is 12.5 Å². The number of hydrogen-bond acceptors (Lipinski definition) is 3. The van der Waals surface area contributed by atoms with Crippen LogP contribution in [0.15, 0.2) is 0 Å². The summed E-state index contributed by atoms with van der Waals surface area (Å²) in [4.78, 5) is 11.8. The van der Waals surface area contributed by atoms with E-state index in [1.807, 2.05) is 11.8 Å². The molecule has 2 nitrogen and oxygen atoms in total. The van der Waals surface area contributed by atoms with Gasteiger partial charge in [0, 0.05) is 0 Å². The normalized spacial score (nSPS) is 19.1. The van der Waals surface area contributed by atoms with Crippen LogP contribution in [0, 0.1) is 5.41 Å². The molecule has 0 amide bonds. The van der Waals surface area contributed by atoms with E-state index < -0.39 is 0 Å². The molecule has 0 spiro atoms. The Balaban J connectivity index is 2.40. The number of thioether (sulfide) groups is 1. The summed E-state index contributed by atoms with van der Waals surface area (Å²) >= 11 is 1.88. The summed E-state index contributed by atoms with van der Waals surface area (Å²) in [5.41, 5.74) is -0.118. The summed E-state index contributed by atoms with van der Waals surface area (Å²) in [6.45, 7) is 0. The van der Waals surface area contributed by atoms with E-state index in [0.717, 1.165) is 25.7 Å². The third-order valence-electron chi connectivity index (χ3n) is 3.43. The van der Waals surface area contributed by atoms with Gasteiger partial charge in [-0.05, 0) is 37.7 Å². The molecule has 0 bridgehead atoms. The highest BCUT2D eigenvalue weighted by Crippen LogP contribution is 2.43. The van der Waals surface area contributed by atoms with Crippen molar-refractivity contribution >= 4 is 17.7 Å². The first kappa shape index (κ1) is 12.9. The van der Waals surface area contributed by atoms with Gasteiger partial charge < -0.3 is 4.74 Å². The largest absolute Gasteiger partial charge is 0.469 e. The Labute approximate surface area is 97.1 Å². The van der Waals surface area contributed by atoms with Crippen LogP contribution in [0.2, 0.25) is 0 Å². The van der Waals surface area contributed by atoms with Crippen LogP contribution in [0.25, 0.3) is 0 Å². The van der Waals surface area contributed by atoms with E-state index in [-0.39, 0.29) is 11.4 Å². The molecule has 0 heterocycles. The van der Waals surface area contributed by atoms with E-state index >= 15 is 0 Å². The fraction of sp³-hybridized carbons (Fsp3) is 0.917. The topological polar surface area (TPSA) is 26.3 Å². The fourth-order valence-corrected chi connectivity index (χ4v) is 3.03. The van der Waals surface area contributed by atoms with Crippen LogP contribution >= 0.6 is 11.8 Å². The lowest BCUT2D eigenvalue weighted by Crippen LogP contribution is -2.29. The predicted octanol–water partition coefficient (Wildman–Crippen LogP) is 3.25. The third-order valence-corrected chi connectivity index (χ3v) is 4.13. The lowest BCUT2D eigenvalue weighted by Gasteiger charge is -2.25. The molecule has 0 unspecified atom stereocenters. The maximum atomic E-state index is 11.8. The molecule has 0 aromatic rings. The van der Waals surface area contributed by atoms with Gasteiger partial charge in [0.2, 0.25) is 0 Å². The zero-order chi connectivity index (χ0) is 11.1. The molecule has 1 rings (SSSR count). The predicted molar refractivity (Wildman–Crippen MR) is 65.2 cm³/mol. The monoisotopic (exact) mass is 230 g/mol. The number of carbonyl (C=O) groups excluding carboxylic acids is 1. The quantitative estimate of drug-likeness (QED) is 0.517. The van der Waals surface area contributed by atoms with Crippen LogP contribution < -0.4 is 0 Å². The Morgan fingerprint density at radius 2 is 2.00 bits per heavy atom. The molecule has 88 valence electrons. The van der Waals surface area contributed by atoms with Gasteiger partial charge in [0.15, 0.2) is 0 Å². The fourth-order valence-electron chi connectivity index (χ4n) is 2.53. The molecular weight excluding hydrogens is 208 g/mol. The lowest BCUT2D eigenvalue weighted by molar-refractivity contribution is -0.153. The molecule has 0 saturated heterocycles. The molecule has 1 aliphatic carbocycles. The maximum Gasteiger partial charge on any atom is 0.311 e. The standard InChI is InChI=1S/C12H22O2S/c1-14-11(13)12(7-3-4-8-12)9-5-6-10-15-2/h3-10H2,1-2H3. The first-order valence-corrected chi connectivity index (χ1v) is 7.22. The lowest BCUT2D eigenvalue weighted by atomic mass is 9.81. The average Bonchev–Trinajstić information content (AvgIpc) is 2.73. The van der Waals surface area contributed by atoms with Crippen LogP contribution in [0.5, 0.6) is 0 Å². The summed E-state index contributed by atoms with van der Waals surface area (Å²) < 4.78 is 4.95. The number of carbonyl (C=O) groups is 1. The zero-order valence-electron chi connectivity index (χ0n) is 9.88. The van der Waals surface area contributed by atoms with Gasteiger partial charge in [-0.15, -0.1) is 0 Å². The van der Waals surface area contributed by atoms with Crippen LogP contribution in [-0.4, -0.2) is 25.1 Å². The molecule has 3 heteroatoms. The van der Waals surface area contributed by atoms with Crippen molar-refractivity contribution in [2.45, 2.75) is 44.9 Å². The van der Waals surface area contributed by atoms with Crippen molar-refractivity contribution in [2.75, 3.05) is 19.1 Å². The van der Waals surface area contributed by atoms with Gasteiger partial charge in [0.1, 0.15) is 0 Å². The van der Waals surface area contributed by atoms with Gasteiger partial charge in [-0.2, -0.15) is 11.8 Å². The van der Waals surface area contributed by atoms with Gasteiger partial charge in [-0.1, -0.05) is 19.3 Å². The van der Waals surface area contributed by atoms with Gasteiger partial charge in [-0.3, -0.25) is 4.79 Å². The molecule has 1 aliphatic rings. The van der Waals surface area contributed by atoms with Gasteiger partial charge in [-0.25, -0.2) is 0 Å². The van der Waals surface area contributed by atoms with E-state index in [2.05, 4.69) is 6.26 Å². The Hall–Kier alpha value is -0.180. The van der Waals surface area contributed by atoms with Crippen molar-refractivity contribution in [2.24, 2.45) is 5.41 Å². The molecular formula is C12H22O2S. The molecule has 0 aliphatic heterocycles. The van der Waals surface area contributed by atoms with Gasteiger partial charge >= 0.3 is 5.97 Å². The highest BCUT2D eigenvalue weighted by Gasteiger charge is 2.41. The van der Waals surface area contributed by atoms with E-state index in [1.165, 1.54) is 32.1 Å². The van der Waals surface area contributed by atoms with Crippen molar-refractivity contribution in [3.8, 4) is 0 Å². The third kappa shape index (κ3) is 3.40. The Bertz CT molecular complexity index is 198. The van der Waals surface area contributed by atoms with E-state index in [9.17, 15) is 4.79 Å². The summed E-state index contributed by atoms with van der Waals surface area (Å²) in [5.74, 6) is 1.24. The number of unbranched alkanes of at least 4 members (excludes halogenated alkanes) is 1. The van der Waals surface area contributed by atoms with E-state index in [1.54, 1.807) is 0 Å². The number of rotatable bonds is 6. The van der Waals surface area contributed by atoms with E-state index in [0.29, 0.717) is 0 Å². The number of methoxy groups -OCH3 is 1. The van der Waals surface area contributed by atoms with Crippen molar-refractivity contribution < 1.29 is 9.53 Å². The van der Waals surface area contributed by atoms with Crippen molar-refractivity contribution in [3.05, 3.63) is 0 Å². The van der Waals surface area contributed by atoms with Crippen molar-refractivity contribution in [3.63, 3.8) is 0 Å². The molecule has 0 aromatic heterocycles. The van der Waals surface area contributed by atoms with E-state index in [4.69, 9.17) is 4.74 Å². The second-order valence-electron chi connectivity index (χ2n) is 4.43. The van der Waals surface area contributed by atoms with Crippen LogP contribution in [0.4, 0.5) is 0 Å². The first-order valence-electron chi connectivity index (χ1n) is 5.82. The second kappa shape index (κ2) is 6.41. The molecule has 1 saturated carbocycles. The average molecular weight is 230 g/mol. The molecule has 1 fully saturated rings. The highest BCUT2D eigenvalue weighted by atomic mass is 32.2. The number of hydrogen-bond donors (Lipinski definition) is 0. The summed E-state index contributed by atoms with van der Waals surface area (Å²) in [5, 5.41) is 0. The van der Waals surface area contributed by atoms with Crippen LogP contribution in [0.3, 0.4) is 0 Å². The first-order chi connectivity index (χ1) is 7.25. The number of esters is 1. The minimum absolute atomic E-state index is 0.0316. The van der Waals surface area contributed by atoms with Crippen molar-refractivity contribution in [1.29, 1.82) is 0 Å². The minimum atomic E-state index is -0.118. The molecule has 0 aromatic carbocycles. The zero-order valence-corrected chi connectivity index (χ0v) is 10.7. The summed E-state index contributed by atoms with van der Waals surface area (Å²) in [7, 11) is 1.52. The molecule has 0 N–H and O–H groups in total. The maximum absolute atomic E-state index is 11.8. The Kier molecular flexibility index (Phi) is 5.51. The smallest absolute Gasteiger partial charge is 0.311 e. The second-order valence-corrected chi connectivity index (χ2v) is 5.41. The number of ether oxygens (including phenoxy) is 1. The highest BCUT2D eigenvalue weighted by molar-refractivity contribution is 7.98. The van der Waals surface area contributed by atoms with Crippen molar-refractivity contribution in [1.82, 2.24) is 0 Å². The summed E-state index contributed by atoms with van der Waals surface area (Å²) in [6.07, 6.45) is 10.0. The minimum Gasteiger partial charge on any atom is -0.469 e. The SMILES string of the molecule is COC(=O)C1(CCCCSC)CCCC1. The van der Waals surface area contributed by atoms with Gasteiger partial charge in [0.25, 0.3) is 0 Å². The molecule has 0 atom stereocenters. The molecule has 0 radical (unpaired) electrons.